The first-order chi connectivity index (χ1) is 41.1. The Morgan fingerprint density at radius 3 is 2.38 bits per heavy atom. The third-order valence-corrected chi connectivity index (χ3v) is 27.0. The number of phenols is 1. The Labute approximate surface area is 514 Å². The average Bonchev–Trinajstić information content (AvgIpc) is 1.30. The molecule has 2 saturated heterocycles. The number of allylic oxidation sites excluding steroid dienone is 3. The van der Waals surface area contributed by atoms with Gasteiger partial charge in [0.2, 0.25) is 0 Å². The van der Waals surface area contributed by atoms with Crippen LogP contribution in [0, 0.1) is 106 Å². The van der Waals surface area contributed by atoms with Gasteiger partial charge in [-0.05, 0) is 178 Å². The molecule has 0 radical (unpaired) electrons. The maximum Gasteiger partial charge on any atom is 0.314 e. The number of esters is 1. The van der Waals surface area contributed by atoms with Crippen molar-refractivity contribution in [1.29, 1.82) is 0 Å². The Hall–Kier alpha value is -4.32. The maximum atomic E-state index is 16.4. The molecule has 18 heteroatoms. The number of aromatic hydroxyl groups is 1. The lowest BCUT2D eigenvalue weighted by atomic mass is 9.37. The number of aromatic amines is 1. The number of cyclic esters (lactones) is 1. The van der Waals surface area contributed by atoms with Crippen LogP contribution in [0.4, 0.5) is 0 Å². The number of aliphatic hydroxyl groups is 6. The van der Waals surface area contributed by atoms with Crippen molar-refractivity contribution in [3.8, 4) is 17.6 Å². The first-order valence-corrected chi connectivity index (χ1v) is 34.8. The summed E-state index contributed by atoms with van der Waals surface area (Å²) in [5.41, 5.74) is 9.83. The van der Waals surface area contributed by atoms with Gasteiger partial charge in [0.25, 0.3) is 0 Å². The minimum absolute atomic E-state index is 0.000357. The molecule has 2 aromatic rings. The van der Waals surface area contributed by atoms with Crippen LogP contribution in [0.15, 0.2) is 70.6 Å². The van der Waals surface area contributed by atoms with Crippen molar-refractivity contribution in [1.82, 2.24) is 10.3 Å². The Kier molecular flexibility index (Phi) is 17.1. The van der Waals surface area contributed by atoms with E-state index in [1.54, 1.807) is 31.2 Å². The van der Waals surface area contributed by atoms with E-state index in [-0.39, 0.29) is 115 Å². The summed E-state index contributed by atoms with van der Waals surface area (Å²) in [6, 6.07) is 7.38. The van der Waals surface area contributed by atoms with Gasteiger partial charge in [-0.1, -0.05) is 79.0 Å². The molecule has 12 rings (SSSR count). The van der Waals surface area contributed by atoms with Gasteiger partial charge in [0, 0.05) is 84.2 Å². The number of nitrogens with one attached hydrogen (secondary N) is 2. The Morgan fingerprint density at radius 2 is 1.66 bits per heavy atom. The van der Waals surface area contributed by atoms with E-state index >= 15 is 9.90 Å². The number of nitrogens with two attached hydrogens (primary N) is 2. The first kappa shape index (κ1) is 61.9. The number of fused-ring (bicyclic) bond motifs is 10. The fraction of sp³-hybridized carbons (Fsp3) is 0.706. The zero-order chi connectivity index (χ0) is 60.9. The highest BCUT2D eigenvalue weighted by Crippen LogP contribution is 2.77. The number of phenolic OH excluding ortho intramolecular Hbond substituents is 1. The summed E-state index contributed by atoms with van der Waals surface area (Å²) in [7, 11) is 3.01. The van der Waals surface area contributed by atoms with Gasteiger partial charge in [0.1, 0.15) is 17.9 Å². The lowest BCUT2D eigenvalue weighted by Gasteiger charge is -2.68. The number of hydrogen-bond donors (Lipinski definition) is 11. The van der Waals surface area contributed by atoms with E-state index in [1.807, 2.05) is 25.4 Å². The van der Waals surface area contributed by atoms with Crippen LogP contribution in [0.2, 0.25) is 0 Å². The zero-order valence-corrected chi connectivity index (χ0v) is 52.3. The van der Waals surface area contributed by atoms with Crippen LogP contribution >= 0.6 is 21.6 Å². The molecule has 10 aliphatic rings. The summed E-state index contributed by atoms with van der Waals surface area (Å²) in [5.74, 6) is 2.47. The van der Waals surface area contributed by atoms with Gasteiger partial charge < -0.3 is 62.3 Å². The fourth-order valence-corrected chi connectivity index (χ4v) is 23.7. The quantitative estimate of drug-likeness (QED) is 0.0325. The van der Waals surface area contributed by atoms with Crippen LogP contribution in [0.1, 0.15) is 147 Å². The number of benzene rings is 1. The number of Topliss-reactive ketones (excluding diaryl/α,β-unsaturated/α-hetero) is 2. The molecule has 2 aliphatic heterocycles. The van der Waals surface area contributed by atoms with Gasteiger partial charge >= 0.3 is 5.97 Å². The van der Waals surface area contributed by atoms with E-state index in [1.165, 1.54) is 27.2 Å². The van der Waals surface area contributed by atoms with Crippen LogP contribution < -0.4 is 16.8 Å². The average molecular weight is 1220 g/mol. The minimum atomic E-state index is -1.97. The molecule has 0 unspecified atom stereocenters. The standard InChI is InChI=1S/C68H93N5O11S2/c1-6-52-54(55(63(81)84-52)41-20-21-71-29-41)38-8-7-9-40-27-68(83)58-56(65(4)28-51(77)60(79)48-33-86-85-32-42(36-13-17-44(75)18-14-36)25-50(76)49(31-74)73-59(58)61(80)57(48)65)39-12-16-43(30-72-64(69)70)67(68,26-39)62(40)66(5,82)53(78)23-35(3)45-19-15-37-11-10-34(2)22-46(37)47(45)24-38/h13-15,17-18,20-21,29,34-35,38-40,42-43,45-49,51-57,60,62,71,73-75,77-79,82-83H,6,9-12,16,19,22-28,30-33H2,1-5H3,(H4,69,70,72)/t34-,35-,38+,39+,40+,42+,43+,45+,46+,47+,48-,49+,51+,52-,53-,54-,55+,56+,57+,60-,62-,65-,66+,67+,68-/m1/s1. The van der Waals surface area contributed by atoms with Gasteiger partial charge in [0.15, 0.2) is 17.5 Å². The van der Waals surface area contributed by atoms with Crippen molar-refractivity contribution in [2.24, 2.45) is 110 Å². The number of hydrogen-bond acceptors (Lipinski definition) is 15. The van der Waals surface area contributed by atoms with E-state index in [0.717, 1.165) is 43.2 Å². The third kappa shape index (κ3) is 10.2. The van der Waals surface area contributed by atoms with Crippen molar-refractivity contribution >= 4 is 45.1 Å². The van der Waals surface area contributed by atoms with Gasteiger partial charge in [-0.3, -0.25) is 19.4 Å². The highest BCUT2D eigenvalue weighted by molar-refractivity contribution is 8.76. The van der Waals surface area contributed by atoms with Crippen molar-refractivity contribution < 1.29 is 54.9 Å². The zero-order valence-electron chi connectivity index (χ0n) is 50.7. The van der Waals surface area contributed by atoms with E-state index in [2.05, 4.69) is 49.0 Å². The Morgan fingerprint density at radius 1 is 0.895 bits per heavy atom. The molecule has 4 bridgehead atoms. The topological polar surface area (TPSA) is 294 Å². The maximum absolute atomic E-state index is 16.4. The lowest BCUT2D eigenvalue weighted by molar-refractivity contribution is -0.230. The normalized spacial score (nSPS) is 45.9. The third-order valence-electron chi connectivity index (χ3n) is 24.5. The largest absolute Gasteiger partial charge is 0.508 e. The second kappa shape index (κ2) is 23.8. The van der Waals surface area contributed by atoms with Gasteiger partial charge in [0.05, 0.1) is 47.7 Å². The molecule has 1 spiro atoms. The molecular weight excluding hydrogens is 1130 g/mol. The fourth-order valence-electron chi connectivity index (χ4n) is 20.9. The summed E-state index contributed by atoms with van der Waals surface area (Å²) >= 11 is 0. The van der Waals surface area contributed by atoms with Crippen LogP contribution in [-0.2, 0) is 19.1 Å². The highest BCUT2D eigenvalue weighted by atomic mass is 33.1. The number of rotatable bonds is 7. The van der Waals surface area contributed by atoms with E-state index in [9.17, 15) is 40.2 Å². The molecule has 16 nitrogen and oxygen atoms in total. The Balaban J connectivity index is 1.05. The number of carbonyl (C=O) groups excluding carboxylic acids is 3. The molecule has 7 fully saturated rings. The molecule has 86 heavy (non-hydrogen) atoms. The predicted octanol–water partition coefficient (Wildman–Crippen LogP) is 7.27. The molecule has 468 valence electrons. The molecule has 3 heterocycles. The lowest BCUT2D eigenvalue weighted by Crippen LogP contribution is -2.71. The monoisotopic (exact) mass is 1220 g/mol. The summed E-state index contributed by atoms with van der Waals surface area (Å²) in [6.45, 7) is 9.81. The number of aliphatic imine (C=N–C) groups is 1. The van der Waals surface area contributed by atoms with E-state index < -0.39 is 100 Å². The summed E-state index contributed by atoms with van der Waals surface area (Å²) < 4.78 is 6.34. The molecule has 5 saturated carbocycles. The van der Waals surface area contributed by atoms with Crippen LogP contribution in [0.5, 0.6) is 5.75 Å². The van der Waals surface area contributed by atoms with Crippen molar-refractivity contribution in [2.75, 3.05) is 24.7 Å². The van der Waals surface area contributed by atoms with E-state index in [0.29, 0.717) is 54.6 Å². The number of ether oxygens (including phenoxy) is 1. The molecule has 8 aliphatic carbocycles. The van der Waals surface area contributed by atoms with Crippen LogP contribution in [0.25, 0.3) is 0 Å². The summed E-state index contributed by atoms with van der Waals surface area (Å²) in [5, 5.41) is 92.0. The number of H-pyrrole nitrogens is 1. The smallest absolute Gasteiger partial charge is 0.314 e. The van der Waals surface area contributed by atoms with Gasteiger partial charge in [-0.25, -0.2) is 0 Å². The SMILES string of the molecule is CC[C@H]1OC(=O)[C@@H](c2cc[nH]c2)[C@@H]1[C@H]1C#CC[C@H]2C[C@@]3(O)C4=C5N[C@@H](CO)C(=O)C[C@H](c6ccc(O)cc6)CSSC[C@H]6[C@@H](O)[C@@H](O)C[C@](C)([C@H]4[C@H]4CC[C@@H](CN=C(N)N)[C@@]3(C4)[C@H]2[C@@](C)(O)[C@H](O)C[C@@H](C)[C@@H]2CC=C3CC[C@@H](C)C[C@@H]3[C@H]2C1)[C@@H]6C5=O. The van der Waals surface area contributed by atoms with Crippen molar-refractivity contribution in [3.63, 3.8) is 0 Å². The van der Waals surface area contributed by atoms with Crippen molar-refractivity contribution in [2.45, 2.75) is 178 Å². The summed E-state index contributed by atoms with van der Waals surface area (Å²) in [6.07, 6.45) is 9.39. The number of carbonyl (C=O) groups is 3. The number of aromatic nitrogens is 1. The molecule has 0 amide bonds. The Bertz CT molecular complexity index is 3050. The van der Waals surface area contributed by atoms with Gasteiger partial charge in [-0.15, -0.1) is 5.92 Å². The first-order valence-electron chi connectivity index (χ1n) is 32.3. The molecular formula is C68H93N5O11S2. The number of ketones is 2. The van der Waals surface area contributed by atoms with E-state index in [4.69, 9.17) is 21.2 Å². The second-order valence-electron chi connectivity index (χ2n) is 29.0. The van der Waals surface area contributed by atoms with Crippen molar-refractivity contribution in [3.05, 3.63) is 76.8 Å². The number of nitrogens with zero attached hydrogens (tertiary/aromatic N) is 1. The molecule has 25 atom stereocenters. The minimum Gasteiger partial charge on any atom is -0.508 e. The molecule has 1 aromatic carbocycles. The highest BCUT2D eigenvalue weighted by Gasteiger charge is 2.79. The predicted molar refractivity (Wildman–Crippen MR) is 331 cm³/mol. The number of aliphatic hydroxyl groups excluding tert-OH is 4. The van der Waals surface area contributed by atoms with Gasteiger partial charge in [-0.2, -0.15) is 0 Å². The van der Waals surface area contributed by atoms with Crippen LogP contribution in [-0.4, -0.2) is 131 Å². The second-order valence-corrected chi connectivity index (χ2v) is 31.6. The number of guanidine groups is 1. The molecule has 1 aromatic heterocycles. The summed E-state index contributed by atoms with van der Waals surface area (Å²) in [4.78, 5) is 53.6. The molecule has 13 N–H and O–H groups in total. The van der Waals surface area contributed by atoms with Crippen LogP contribution in [0.3, 0.4) is 0 Å².